The van der Waals surface area contributed by atoms with Gasteiger partial charge in [0.1, 0.15) is 17.2 Å². The quantitative estimate of drug-likeness (QED) is 0.469. The molecule has 7 nitrogen and oxygen atoms in total. The lowest BCUT2D eigenvalue weighted by Gasteiger charge is -2.49. The molecule has 2 aliphatic heterocycles. The average Bonchev–Trinajstić information content (AvgIpc) is 3.36. The van der Waals surface area contributed by atoms with Gasteiger partial charge in [-0.05, 0) is 69.2 Å². The zero-order chi connectivity index (χ0) is 23.1. The Kier molecular flexibility index (Phi) is 5.27. The van der Waals surface area contributed by atoms with E-state index >= 15 is 0 Å². The maximum atomic E-state index is 14.8. The lowest BCUT2D eigenvalue weighted by Crippen LogP contribution is -2.51. The Morgan fingerprint density at radius 2 is 2.00 bits per heavy atom. The Morgan fingerprint density at radius 1 is 1.15 bits per heavy atom. The van der Waals surface area contributed by atoms with Crippen molar-refractivity contribution in [2.24, 2.45) is 5.92 Å². The number of piperidine rings is 1. The minimum absolute atomic E-state index is 0.291. The second kappa shape index (κ2) is 8.45. The Hall–Kier alpha value is -3.36. The van der Waals surface area contributed by atoms with Crippen LogP contribution in [0.5, 0.6) is 0 Å². The van der Waals surface area contributed by atoms with Crippen LogP contribution in [-0.4, -0.2) is 51.4 Å². The van der Waals surface area contributed by atoms with E-state index in [0.29, 0.717) is 23.1 Å². The van der Waals surface area contributed by atoms with Gasteiger partial charge in [0.2, 0.25) is 0 Å². The van der Waals surface area contributed by atoms with Crippen molar-refractivity contribution < 1.29 is 9.13 Å². The number of anilines is 2. The number of rotatable bonds is 5. The van der Waals surface area contributed by atoms with Crippen molar-refractivity contribution in [2.45, 2.75) is 24.9 Å². The SMILES string of the molecule is CN1CCC(C2(c3ccc4cnc(Nc5ccc(-n6cccn6)cc5F)cc4n3)CCO2)CC1. The number of fused-ring (bicyclic) bond motifs is 1. The predicted octanol–water partition coefficient (Wildman–Crippen LogP) is 4.66. The third-order valence-electron chi connectivity index (χ3n) is 7.20. The molecular formula is C26H27FN6O. The molecular weight excluding hydrogens is 431 g/mol. The molecule has 3 aromatic heterocycles. The van der Waals surface area contributed by atoms with Crippen LogP contribution in [0.3, 0.4) is 0 Å². The molecule has 1 aromatic carbocycles. The molecule has 6 rings (SSSR count). The number of benzene rings is 1. The number of ether oxygens (including phenoxy) is 1. The maximum Gasteiger partial charge on any atom is 0.148 e. The van der Waals surface area contributed by atoms with Crippen LogP contribution in [0.1, 0.15) is 25.0 Å². The van der Waals surface area contributed by atoms with E-state index in [1.807, 2.05) is 12.1 Å². The number of hydrogen-bond donors (Lipinski definition) is 1. The molecule has 1 atom stereocenters. The van der Waals surface area contributed by atoms with E-state index in [-0.39, 0.29) is 11.4 Å². The second-order valence-electron chi connectivity index (χ2n) is 9.26. The monoisotopic (exact) mass is 458 g/mol. The second-order valence-corrected chi connectivity index (χ2v) is 9.26. The minimum atomic E-state index is -0.374. The van der Waals surface area contributed by atoms with E-state index in [4.69, 9.17) is 9.72 Å². The van der Waals surface area contributed by atoms with Crippen LogP contribution in [0.2, 0.25) is 0 Å². The number of halogens is 1. The zero-order valence-electron chi connectivity index (χ0n) is 19.1. The molecule has 0 bridgehead atoms. The molecule has 34 heavy (non-hydrogen) atoms. The summed E-state index contributed by atoms with van der Waals surface area (Å²) in [6.07, 6.45) is 8.45. The van der Waals surface area contributed by atoms with Crippen molar-refractivity contribution in [3.05, 3.63) is 72.6 Å². The van der Waals surface area contributed by atoms with Crippen LogP contribution >= 0.6 is 0 Å². The van der Waals surface area contributed by atoms with Gasteiger partial charge in [-0.25, -0.2) is 19.0 Å². The summed E-state index contributed by atoms with van der Waals surface area (Å²) in [5.74, 6) is 0.649. The molecule has 0 spiro atoms. The fraction of sp³-hybridized carbons (Fsp3) is 0.346. The van der Waals surface area contributed by atoms with Gasteiger partial charge in [-0.1, -0.05) is 0 Å². The molecule has 0 radical (unpaired) electrons. The standard InChI is InChI=1S/C26H27FN6O/c1-32-12-7-19(8-13-32)26(9-14-34-26)24-6-3-18-17-28-25(16-23(18)30-24)31-22-5-4-20(15-21(22)27)33-11-2-10-29-33/h2-6,10-11,15-17,19H,7-9,12-14H2,1H3,(H,28,31). The molecule has 1 unspecified atom stereocenters. The van der Waals surface area contributed by atoms with Gasteiger partial charge in [-0.3, -0.25) is 0 Å². The van der Waals surface area contributed by atoms with Crippen molar-refractivity contribution in [3.8, 4) is 5.69 Å². The zero-order valence-corrected chi connectivity index (χ0v) is 19.1. The van der Waals surface area contributed by atoms with E-state index in [1.165, 1.54) is 6.07 Å². The molecule has 0 amide bonds. The van der Waals surface area contributed by atoms with Gasteiger partial charge in [0, 0.05) is 42.5 Å². The van der Waals surface area contributed by atoms with Crippen molar-refractivity contribution in [1.82, 2.24) is 24.6 Å². The maximum absolute atomic E-state index is 14.8. The van der Waals surface area contributed by atoms with Crippen molar-refractivity contribution in [2.75, 3.05) is 32.1 Å². The number of nitrogens with zero attached hydrogens (tertiary/aromatic N) is 5. The minimum Gasteiger partial charge on any atom is -0.368 e. The first kappa shape index (κ1) is 21.2. The summed E-state index contributed by atoms with van der Waals surface area (Å²) in [4.78, 5) is 11.9. The molecule has 0 aliphatic carbocycles. The molecule has 2 aliphatic rings. The van der Waals surface area contributed by atoms with E-state index in [2.05, 4.69) is 39.5 Å². The lowest BCUT2D eigenvalue weighted by molar-refractivity contribution is -0.199. The molecule has 0 saturated carbocycles. The van der Waals surface area contributed by atoms with Gasteiger partial charge in [0.15, 0.2) is 0 Å². The fourth-order valence-electron chi connectivity index (χ4n) is 5.16. The van der Waals surface area contributed by atoms with Crippen LogP contribution in [0.4, 0.5) is 15.9 Å². The number of pyridine rings is 2. The van der Waals surface area contributed by atoms with Crippen LogP contribution in [0, 0.1) is 11.7 Å². The fourth-order valence-corrected chi connectivity index (χ4v) is 5.16. The Bertz CT molecular complexity index is 1310. The third-order valence-corrected chi connectivity index (χ3v) is 7.20. The van der Waals surface area contributed by atoms with Crippen molar-refractivity contribution in [1.29, 1.82) is 0 Å². The number of hydrogen-bond acceptors (Lipinski definition) is 6. The van der Waals surface area contributed by atoms with Gasteiger partial charge in [-0.15, -0.1) is 0 Å². The molecule has 2 saturated heterocycles. The molecule has 5 heterocycles. The molecule has 1 N–H and O–H groups in total. The van der Waals surface area contributed by atoms with E-state index < -0.39 is 0 Å². The number of aromatic nitrogens is 4. The predicted molar refractivity (Wildman–Crippen MR) is 129 cm³/mol. The lowest BCUT2D eigenvalue weighted by atomic mass is 9.73. The number of likely N-dealkylation sites (tertiary alicyclic amines) is 1. The molecule has 2 fully saturated rings. The Labute approximate surface area is 197 Å². The summed E-state index contributed by atoms with van der Waals surface area (Å²) in [6, 6.07) is 12.8. The summed E-state index contributed by atoms with van der Waals surface area (Å²) < 4.78 is 22.6. The van der Waals surface area contributed by atoms with Gasteiger partial charge < -0.3 is 15.0 Å². The Balaban J connectivity index is 1.28. The topological polar surface area (TPSA) is 68.1 Å². The highest BCUT2D eigenvalue weighted by Crippen LogP contribution is 2.47. The van der Waals surface area contributed by atoms with Gasteiger partial charge in [-0.2, -0.15) is 5.10 Å². The van der Waals surface area contributed by atoms with E-state index in [9.17, 15) is 4.39 Å². The van der Waals surface area contributed by atoms with Crippen LogP contribution < -0.4 is 5.32 Å². The van der Waals surface area contributed by atoms with Gasteiger partial charge >= 0.3 is 0 Å². The largest absolute Gasteiger partial charge is 0.368 e. The van der Waals surface area contributed by atoms with Crippen LogP contribution in [0.25, 0.3) is 16.6 Å². The summed E-state index contributed by atoms with van der Waals surface area (Å²) in [7, 11) is 2.17. The molecule has 8 heteroatoms. The van der Waals surface area contributed by atoms with Crippen LogP contribution in [-0.2, 0) is 10.3 Å². The summed E-state index contributed by atoms with van der Waals surface area (Å²) >= 11 is 0. The highest BCUT2D eigenvalue weighted by Gasteiger charge is 2.48. The van der Waals surface area contributed by atoms with Gasteiger partial charge in [0.05, 0.1) is 29.2 Å². The highest BCUT2D eigenvalue weighted by molar-refractivity contribution is 5.81. The Morgan fingerprint density at radius 3 is 2.71 bits per heavy atom. The normalized spacial score (nSPS) is 21.5. The molecule has 174 valence electrons. The van der Waals surface area contributed by atoms with Crippen molar-refractivity contribution in [3.63, 3.8) is 0 Å². The number of nitrogens with one attached hydrogen (secondary N) is 1. The summed E-state index contributed by atoms with van der Waals surface area (Å²) in [5, 5.41) is 8.19. The van der Waals surface area contributed by atoms with E-state index in [0.717, 1.165) is 55.6 Å². The summed E-state index contributed by atoms with van der Waals surface area (Å²) in [5.41, 5.74) is 2.54. The van der Waals surface area contributed by atoms with Gasteiger partial charge in [0.25, 0.3) is 0 Å². The van der Waals surface area contributed by atoms with Crippen molar-refractivity contribution >= 4 is 22.4 Å². The van der Waals surface area contributed by atoms with E-state index in [1.54, 1.807) is 35.4 Å². The first-order valence-corrected chi connectivity index (χ1v) is 11.8. The first-order valence-electron chi connectivity index (χ1n) is 11.8. The van der Waals surface area contributed by atoms with Crippen LogP contribution in [0.15, 0.2) is 61.1 Å². The first-order chi connectivity index (χ1) is 16.6. The average molecular weight is 459 g/mol. The molecule has 4 aromatic rings. The highest BCUT2D eigenvalue weighted by atomic mass is 19.1. The summed E-state index contributed by atoms with van der Waals surface area (Å²) in [6.45, 7) is 2.96. The smallest absolute Gasteiger partial charge is 0.148 e. The third kappa shape index (κ3) is 3.73.